The number of nitrogens with one attached hydrogen (secondary N) is 1. The second-order valence-electron chi connectivity index (χ2n) is 4.83. The molecule has 124 valence electrons. The molecule has 1 amide bonds. The molecule has 0 unspecified atom stereocenters. The van der Waals surface area contributed by atoms with Crippen LogP contribution in [-0.2, 0) is 4.74 Å². The van der Waals surface area contributed by atoms with Crippen LogP contribution in [0.1, 0.15) is 20.7 Å². The molecular formula is C16H11F2NO5. The molecule has 1 aliphatic heterocycles. The van der Waals surface area contributed by atoms with E-state index < -0.39 is 29.1 Å². The lowest BCUT2D eigenvalue weighted by Crippen LogP contribution is -2.15. The number of methoxy groups -OCH3 is 1. The van der Waals surface area contributed by atoms with Gasteiger partial charge in [-0.15, -0.1) is 0 Å². The predicted octanol–water partition coefficient (Wildman–Crippen LogP) is 2.73. The summed E-state index contributed by atoms with van der Waals surface area (Å²) in [4.78, 5) is 23.7. The molecular weight excluding hydrogens is 324 g/mol. The number of fused-ring (bicyclic) bond motifs is 1. The molecule has 0 aromatic heterocycles. The number of benzene rings is 2. The van der Waals surface area contributed by atoms with Gasteiger partial charge in [0.2, 0.25) is 6.79 Å². The zero-order valence-corrected chi connectivity index (χ0v) is 12.4. The molecule has 0 atom stereocenters. The Hall–Kier alpha value is -3.16. The summed E-state index contributed by atoms with van der Waals surface area (Å²) < 4.78 is 42.1. The molecule has 0 saturated carbocycles. The normalized spacial score (nSPS) is 12.0. The molecule has 24 heavy (non-hydrogen) atoms. The van der Waals surface area contributed by atoms with Gasteiger partial charge < -0.3 is 19.5 Å². The molecule has 6 nitrogen and oxygen atoms in total. The van der Waals surface area contributed by atoms with Crippen LogP contribution in [0.4, 0.5) is 14.5 Å². The van der Waals surface area contributed by atoms with Crippen molar-refractivity contribution in [1.82, 2.24) is 0 Å². The molecule has 2 aromatic carbocycles. The number of carbonyl (C=O) groups excluding carboxylic acids is 2. The molecule has 1 N–H and O–H groups in total. The third-order valence-corrected chi connectivity index (χ3v) is 3.34. The van der Waals surface area contributed by atoms with E-state index in [1.807, 2.05) is 0 Å². The van der Waals surface area contributed by atoms with Gasteiger partial charge >= 0.3 is 5.97 Å². The van der Waals surface area contributed by atoms with Gasteiger partial charge in [0.15, 0.2) is 11.5 Å². The van der Waals surface area contributed by atoms with Gasteiger partial charge in [-0.25, -0.2) is 13.6 Å². The number of ether oxygens (including phenoxy) is 3. The van der Waals surface area contributed by atoms with E-state index in [4.69, 9.17) is 9.47 Å². The van der Waals surface area contributed by atoms with Crippen molar-refractivity contribution in [2.45, 2.75) is 0 Å². The third-order valence-electron chi connectivity index (χ3n) is 3.34. The van der Waals surface area contributed by atoms with Crippen molar-refractivity contribution in [3.63, 3.8) is 0 Å². The smallest absolute Gasteiger partial charge is 0.340 e. The lowest BCUT2D eigenvalue weighted by atomic mass is 10.1. The van der Waals surface area contributed by atoms with Crippen molar-refractivity contribution in [2.75, 3.05) is 19.2 Å². The minimum atomic E-state index is -1.08. The number of rotatable bonds is 3. The summed E-state index contributed by atoms with van der Waals surface area (Å²) in [6, 6.07) is 5.81. The van der Waals surface area contributed by atoms with Crippen LogP contribution in [0.2, 0.25) is 0 Å². The average Bonchev–Trinajstić information content (AvgIpc) is 3.04. The van der Waals surface area contributed by atoms with Crippen LogP contribution in [-0.4, -0.2) is 25.8 Å². The van der Waals surface area contributed by atoms with Crippen molar-refractivity contribution < 1.29 is 32.6 Å². The Morgan fingerprint density at radius 3 is 2.58 bits per heavy atom. The first-order valence-electron chi connectivity index (χ1n) is 6.78. The van der Waals surface area contributed by atoms with Gasteiger partial charge in [0.05, 0.1) is 18.4 Å². The van der Waals surface area contributed by atoms with Gasteiger partial charge in [0.25, 0.3) is 5.91 Å². The van der Waals surface area contributed by atoms with Gasteiger partial charge in [-0.05, 0) is 24.3 Å². The fraction of sp³-hybridized carbons (Fsp3) is 0.125. The van der Waals surface area contributed by atoms with Gasteiger partial charge in [-0.2, -0.15) is 0 Å². The first kappa shape index (κ1) is 15.7. The molecule has 0 radical (unpaired) electrons. The van der Waals surface area contributed by atoms with E-state index >= 15 is 0 Å². The van der Waals surface area contributed by atoms with Crippen molar-refractivity contribution in [3.8, 4) is 11.5 Å². The summed E-state index contributed by atoms with van der Waals surface area (Å²) in [7, 11) is 1.07. The van der Waals surface area contributed by atoms with Crippen molar-refractivity contribution in [2.24, 2.45) is 0 Å². The first-order chi connectivity index (χ1) is 11.5. The quantitative estimate of drug-likeness (QED) is 0.873. The van der Waals surface area contributed by atoms with Crippen LogP contribution in [0.3, 0.4) is 0 Å². The van der Waals surface area contributed by atoms with E-state index in [1.54, 1.807) is 0 Å². The molecule has 0 fully saturated rings. The highest BCUT2D eigenvalue weighted by Gasteiger charge is 2.20. The highest BCUT2D eigenvalue weighted by Crippen LogP contribution is 2.32. The Morgan fingerprint density at radius 2 is 1.83 bits per heavy atom. The number of anilines is 1. The van der Waals surface area contributed by atoms with Crippen LogP contribution in [0, 0.1) is 11.6 Å². The molecule has 0 saturated heterocycles. The lowest BCUT2D eigenvalue weighted by molar-refractivity contribution is 0.0595. The lowest BCUT2D eigenvalue weighted by Gasteiger charge is -2.09. The van der Waals surface area contributed by atoms with Gasteiger partial charge in [0.1, 0.15) is 11.6 Å². The van der Waals surface area contributed by atoms with Crippen LogP contribution in [0.15, 0.2) is 30.3 Å². The van der Waals surface area contributed by atoms with Crippen LogP contribution >= 0.6 is 0 Å². The molecule has 1 aliphatic rings. The van der Waals surface area contributed by atoms with Crippen molar-refractivity contribution in [1.29, 1.82) is 0 Å². The highest BCUT2D eigenvalue weighted by molar-refractivity contribution is 6.05. The number of esters is 1. The van der Waals surface area contributed by atoms with Crippen LogP contribution in [0.5, 0.6) is 11.5 Å². The third kappa shape index (κ3) is 2.85. The molecule has 2 aromatic rings. The number of carbonyl (C=O) groups is 2. The van der Waals surface area contributed by atoms with Gasteiger partial charge in [0, 0.05) is 11.6 Å². The Bertz CT molecular complexity index is 837. The summed E-state index contributed by atoms with van der Waals surface area (Å²) in [6.07, 6.45) is 0. The van der Waals surface area contributed by atoms with Crippen molar-refractivity contribution in [3.05, 3.63) is 53.1 Å². The zero-order chi connectivity index (χ0) is 17.3. The molecule has 0 bridgehead atoms. The molecule has 1 heterocycles. The Kier molecular flexibility index (Phi) is 4.03. The molecule has 0 aliphatic carbocycles. The van der Waals surface area contributed by atoms with E-state index in [9.17, 15) is 18.4 Å². The van der Waals surface area contributed by atoms with E-state index in [2.05, 4.69) is 10.1 Å². The Labute approximate surface area is 134 Å². The number of hydrogen-bond acceptors (Lipinski definition) is 5. The average molecular weight is 335 g/mol. The fourth-order valence-electron chi connectivity index (χ4n) is 2.14. The minimum absolute atomic E-state index is 0.0511. The monoisotopic (exact) mass is 335 g/mol. The maximum Gasteiger partial charge on any atom is 0.340 e. The predicted molar refractivity (Wildman–Crippen MR) is 78.2 cm³/mol. The van der Waals surface area contributed by atoms with E-state index in [1.165, 1.54) is 18.2 Å². The second kappa shape index (κ2) is 6.15. The van der Waals surface area contributed by atoms with E-state index in [-0.39, 0.29) is 18.0 Å². The van der Waals surface area contributed by atoms with Crippen LogP contribution < -0.4 is 14.8 Å². The summed E-state index contributed by atoms with van der Waals surface area (Å²) in [5.74, 6) is -2.86. The Morgan fingerprint density at radius 1 is 1.08 bits per heavy atom. The van der Waals surface area contributed by atoms with Gasteiger partial charge in [-0.1, -0.05) is 0 Å². The summed E-state index contributed by atoms with van der Waals surface area (Å²) in [5, 5.41) is 2.28. The summed E-state index contributed by atoms with van der Waals surface area (Å²) in [6.45, 7) is 0.0511. The minimum Gasteiger partial charge on any atom is -0.465 e. The topological polar surface area (TPSA) is 73.9 Å². The summed E-state index contributed by atoms with van der Waals surface area (Å²) >= 11 is 0. The Balaban J connectivity index is 1.87. The molecule has 8 heteroatoms. The summed E-state index contributed by atoms with van der Waals surface area (Å²) in [5.41, 5.74) is -0.651. The fourth-order valence-corrected chi connectivity index (χ4v) is 2.14. The number of amides is 1. The van der Waals surface area contributed by atoms with E-state index in [0.717, 1.165) is 13.2 Å². The molecule has 0 spiro atoms. The zero-order valence-electron chi connectivity index (χ0n) is 12.4. The molecule has 3 rings (SSSR count). The largest absolute Gasteiger partial charge is 0.465 e. The highest BCUT2D eigenvalue weighted by atomic mass is 19.1. The van der Waals surface area contributed by atoms with Gasteiger partial charge in [-0.3, -0.25) is 4.79 Å². The van der Waals surface area contributed by atoms with E-state index in [0.29, 0.717) is 17.6 Å². The first-order valence-corrected chi connectivity index (χ1v) is 6.78. The number of halogens is 2. The standard InChI is InChI=1S/C16H11F2NO5/c1-22-16(21)9-5-12(11(18)6-10(9)17)19-15(20)8-2-3-13-14(4-8)24-7-23-13/h2-6H,7H2,1H3,(H,19,20). The second-order valence-corrected chi connectivity index (χ2v) is 4.83. The van der Waals surface area contributed by atoms with Crippen molar-refractivity contribution >= 4 is 17.6 Å². The maximum absolute atomic E-state index is 13.8. The maximum atomic E-state index is 13.8. The van der Waals surface area contributed by atoms with Crippen LogP contribution in [0.25, 0.3) is 0 Å². The SMILES string of the molecule is COC(=O)c1cc(NC(=O)c2ccc3c(c2)OCO3)c(F)cc1F. The number of hydrogen-bond donors (Lipinski definition) is 1.